The van der Waals surface area contributed by atoms with Crippen LogP contribution >= 0.6 is 0 Å². The third kappa shape index (κ3) is 5.01. The number of carbonyl (C=O) groups excluding carboxylic acids is 1. The highest BCUT2D eigenvalue weighted by Crippen LogP contribution is 2.26. The highest BCUT2D eigenvalue weighted by molar-refractivity contribution is 5.84. The molecule has 108 valence electrons. The van der Waals surface area contributed by atoms with Gasteiger partial charge in [-0.2, -0.15) is 0 Å². The lowest BCUT2D eigenvalue weighted by Crippen LogP contribution is -2.40. The number of hydrogen-bond acceptors (Lipinski definition) is 4. The fourth-order valence-corrected chi connectivity index (χ4v) is 1.33. The van der Waals surface area contributed by atoms with Gasteiger partial charge in [-0.05, 0) is 19.1 Å². The molecule has 2 N–H and O–H groups in total. The Morgan fingerprint density at radius 2 is 1.95 bits per heavy atom. The summed E-state index contributed by atoms with van der Waals surface area (Å²) in [5.41, 5.74) is 0. The van der Waals surface area contributed by atoms with E-state index in [0.717, 1.165) is 0 Å². The van der Waals surface area contributed by atoms with E-state index in [9.17, 15) is 9.59 Å². The molecule has 1 unspecified atom stereocenters. The van der Waals surface area contributed by atoms with E-state index in [1.165, 1.54) is 6.92 Å². The summed E-state index contributed by atoms with van der Waals surface area (Å²) in [6.07, 6.45) is 1.60. The van der Waals surface area contributed by atoms with E-state index in [1.807, 2.05) is 0 Å². The predicted octanol–water partition coefficient (Wildman–Crippen LogP) is 1.22. The molecule has 20 heavy (non-hydrogen) atoms. The average molecular weight is 279 g/mol. The van der Waals surface area contributed by atoms with Crippen LogP contribution in [0.1, 0.15) is 6.92 Å². The molecular formula is C14H17NO5. The zero-order valence-electron chi connectivity index (χ0n) is 11.2. The molecule has 0 aliphatic carbocycles. The Hall–Kier alpha value is -2.50. The van der Waals surface area contributed by atoms with Gasteiger partial charge in [0.2, 0.25) is 0 Å². The maximum Gasteiger partial charge on any atom is 0.325 e. The number of carboxylic acid groups (broad SMARTS) is 1. The first-order valence-corrected chi connectivity index (χ1v) is 6.02. The molecular weight excluding hydrogens is 262 g/mol. The zero-order valence-corrected chi connectivity index (χ0v) is 11.2. The number of ether oxygens (including phenoxy) is 2. The van der Waals surface area contributed by atoms with Crippen LogP contribution in [-0.4, -0.2) is 36.2 Å². The molecule has 6 nitrogen and oxygen atoms in total. The minimum atomic E-state index is -1.10. The van der Waals surface area contributed by atoms with E-state index >= 15 is 0 Å². The Morgan fingerprint density at radius 3 is 2.50 bits per heavy atom. The van der Waals surface area contributed by atoms with Gasteiger partial charge in [0.05, 0.1) is 0 Å². The minimum Gasteiger partial charge on any atom is -0.486 e. The summed E-state index contributed by atoms with van der Waals surface area (Å²) >= 11 is 0. The number of carboxylic acids is 1. The van der Waals surface area contributed by atoms with Crippen LogP contribution in [-0.2, 0) is 9.59 Å². The van der Waals surface area contributed by atoms with Gasteiger partial charge in [-0.15, -0.1) is 0 Å². The molecule has 1 amide bonds. The van der Waals surface area contributed by atoms with Gasteiger partial charge in [0.1, 0.15) is 12.6 Å². The Labute approximate surface area is 117 Å². The third-order valence-electron chi connectivity index (χ3n) is 2.31. The van der Waals surface area contributed by atoms with Crippen LogP contribution < -0.4 is 14.8 Å². The Kier molecular flexibility index (Phi) is 6.09. The topological polar surface area (TPSA) is 84.9 Å². The van der Waals surface area contributed by atoms with E-state index < -0.39 is 17.9 Å². The Bertz CT molecular complexity index is 486. The van der Waals surface area contributed by atoms with E-state index in [4.69, 9.17) is 14.6 Å². The summed E-state index contributed by atoms with van der Waals surface area (Å²) < 4.78 is 10.7. The number of hydrogen-bond donors (Lipinski definition) is 2. The van der Waals surface area contributed by atoms with Crippen LogP contribution in [0.4, 0.5) is 0 Å². The molecule has 1 aromatic rings. The maximum absolute atomic E-state index is 11.5. The zero-order chi connectivity index (χ0) is 15.0. The quantitative estimate of drug-likeness (QED) is 0.699. The highest BCUT2D eigenvalue weighted by Gasteiger charge is 2.14. The van der Waals surface area contributed by atoms with Gasteiger partial charge in [0.15, 0.2) is 18.1 Å². The first-order chi connectivity index (χ1) is 9.54. The van der Waals surface area contributed by atoms with Gasteiger partial charge in [-0.1, -0.05) is 24.8 Å². The van der Waals surface area contributed by atoms with Crippen LogP contribution in [0.5, 0.6) is 11.5 Å². The first-order valence-electron chi connectivity index (χ1n) is 6.02. The molecule has 1 atom stereocenters. The number of nitrogens with one attached hydrogen (secondary N) is 1. The molecule has 0 saturated carbocycles. The van der Waals surface area contributed by atoms with Crippen molar-refractivity contribution < 1.29 is 24.2 Å². The lowest BCUT2D eigenvalue weighted by molar-refractivity contribution is -0.141. The van der Waals surface area contributed by atoms with E-state index in [1.54, 1.807) is 30.3 Å². The van der Waals surface area contributed by atoms with Gasteiger partial charge in [0, 0.05) is 0 Å². The molecule has 0 aliphatic rings. The van der Waals surface area contributed by atoms with Crippen molar-refractivity contribution in [1.29, 1.82) is 0 Å². The molecule has 0 saturated heterocycles. The monoisotopic (exact) mass is 279 g/mol. The highest BCUT2D eigenvalue weighted by atomic mass is 16.5. The maximum atomic E-state index is 11.5. The predicted molar refractivity (Wildman–Crippen MR) is 72.9 cm³/mol. The van der Waals surface area contributed by atoms with Gasteiger partial charge < -0.3 is 19.9 Å². The standard InChI is InChI=1S/C14H17NO5/c1-3-8-19-11-6-4-5-7-12(11)20-9-13(16)15-10(2)14(17)18/h3-7,10H,1,8-9H2,2H3,(H,15,16)(H,17,18). The second-order valence-corrected chi connectivity index (χ2v) is 3.96. The average Bonchev–Trinajstić information content (AvgIpc) is 2.43. The lowest BCUT2D eigenvalue weighted by Gasteiger charge is -2.13. The fraction of sp³-hybridized carbons (Fsp3) is 0.286. The van der Waals surface area contributed by atoms with Crippen LogP contribution in [0.3, 0.4) is 0 Å². The molecule has 0 bridgehead atoms. The summed E-state index contributed by atoms with van der Waals surface area (Å²) in [6.45, 7) is 4.96. The molecule has 6 heteroatoms. The minimum absolute atomic E-state index is 0.286. The first kappa shape index (κ1) is 15.6. The molecule has 1 aromatic carbocycles. The summed E-state index contributed by atoms with van der Waals surface area (Å²) in [6, 6.07) is 5.92. The van der Waals surface area contributed by atoms with E-state index in [2.05, 4.69) is 11.9 Å². The van der Waals surface area contributed by atoms with Crippen LogP contribution in [0.25, 0.3) is 0 Å². The van der Waals surface area contributed by atoms with Crippen molar-refractivity contribution in [2.24, 2.45) is 0 Å². The molecule has 0 radical (unpaired) electrons. The number of aliphatic carboxylic acids is 1. The van der Waals surface area contributed by atoms with Gasteiger partial charge >= 0.3 is 5.97 Å². The fourth-order valence-electron chi connectivity index (χ4n) is 1.33. The van der Waals surface area contributed by atoms with E-state index in [0.29, 0.717) is 18.1 Å². The van der Waals surface area contributed by atoms with Gasteiger partial charge in [-0.3, -0.25) is 9.59 Å². The second kappa shape index (κ2) is 7.83. The van der Waals surface area contributed by atoms with Gasteiger partial charge in [-0.25, -0.2) is 0 Å². The SMILES string of the molecule is C=CCOc1ccccc1OCC(=O)NC(C)C(=O)O. The van der Waals surface area contributed by atoms with Crippen LogP contribution in [0, 0.1) is 0 Å². The summed E-state index contributed by atoms with van der Waals surface area (Å²) in [4.78, 5) is 22.1. The Balaban J connectivity index is 2.54. The van der Waals surface area contributed by atoms with Crippen molar-refractivity contribution in [3.05, 3.63) is 36.9 Å². The number of para-hydroxylation sites is 2. The second-order valence-electron chi connectivity index (χ2n) is 3.96. The van der Waals surface area contributed by atoms with Crippen LogP contribution in [0.2, 0.25) is 0 Å². The number of amides is 1. The molecule has 0 aliphatic heterocycles. The smallest absolute Gasteiger partial charge is 0.325 e. The van der Waals surface area contributed by atoms with Crippen molar-refractivity contribution in [2.45, 2.75) is 13.0 Å². The summed E-state index contributed by atoms with van der Waals surface area (Å²) in [7, 11) is 0. The summed E-state index contributed by atoms with van der Waals surface area (Å²) in [5, 5.41) is 11.0. The normalized spacial score (nSPS) is 11.2. The largest absolute Gasteiger partial charge is 0.486 e. The molecule has 0 heterocycles. The number of rotatable bonds is 8. The van der Waals surface area contributed by atoms with Crippen molar-refractivity contribution in [2.75, 3.05) is 13.2 Å². The molecule has 0 spiro atoms. The molecule has 0 aromatic heterocycles. The van der Waals surface area contributed by atoms with Gasteiger partial charge in [0.25, 0.3) is 5.91 Å². The number of benzene rings is 1. The van der Waals surface area contributed by atoms with E-state index in [-0.39, 0.29) is 6.61 Å². The summed E-state index contributed by atoms with van der Waals surface area (Å²) in [5.74, 6) is -0.717. The van der Waals surface area contributed by atoms with Crippen molar-refractivity contribution in [1.82, 2.24) is 5.32 Å². The lowest BCUT2D eigenvalue weighted by atomic mass is 10.3. The van der Waals surface area contributed by atoms with Crippen molar-refractivity contribution in [3.8, 4) is 11.5 Å². The van der Waals surface area contributed by atoms with Crippen LogP contribution in [0.15, 0.2) is 36.9 Å². The molecule has 1 rings (SSSR count). The van der Waals surface area contributed by atoms with Crippen molar-refractivity contribution >= 4 is 11.9 Å². The molecule has 0 fully saturated rings. The Morgan fingerprint density at radius 1 is 1.35 bits per heavy atom. The number of carbonyl (C=O) groups is 2. The van der Waals surface area contributed by atoms with Crippen molar-refractivity contribution in [3.63, 3.8) is 0 Å². The third-order valence-corrected chi connectivity index (χ3v) is 2.31.